The van der Waals surface area contributed by atoms with Gasteiger partial charge in [0.05, 0.1) is 12.3 Å². The molecule has 16 heavy (non-hydrogen) atoms. The van der Waals surface area contributed by atoms with E-state index in [0.29, 0.717) is 11.3 Å². The van der Waals surface area contributed by atoms with Crippen molar-refractivity contribution in [1.82, 2.24) is 5.32 Å². The summed E-state index contributed by atoms with van der Waals surface area (Å²) in [7, 11) is 2.03. The number of hydrogen-bond acceptors (Lipinski definition) is 4. The molecule has 0 radical (unpaired) electrons. The average Bonchev–Trinajstić information content (AvgIpc) is 2.84. The molecule has 1 aromatic heterocycles. The maximum Gasteiger partial charge on any atom is 0.121 e. The molecule has 2 rings (SSSR count). The van der Waals surface area contributed by atoms with Gasteiger partial charge in [-0.1, -0.05) is 6.92 Å². The SMILES string of the molecule is CCC1SCCSC1C(NC)c1ccco1. The van der Waals surface area contributed by atoms with Crippen LogP contribution in [0.3, 0.4) is 0 Å². The maximum absolute atomic E-state index is 5.55. The van der Waals surface area contributed by atoms with Gasteiger partial charge in [0.2, 0.25) is 0 Å². The lowest BCUT2D eigenvalue weighted by atomic mass is 10.1. The molecule has 90 valence electrons. The topological polar surface area (TPSA) is 25.2 Å². The summed E-state index contributed by atoms with van der Waals surface area (Å²) in [5.74, 6) is 3.61. The molecule has 1 aliphatic heterocycles. The minimum absolute atomic E-state index is 0.345. The summed E-state index contributed by atoms with van der Waals surface area (Å²) >= 11 is 4.19. The fourth-order valence-corrected chi connectivity index (χ4v) is 5.45. The number of furan rings is 1. The van der Waals surface area contributed by atoms with Crippen LogP contribution < -0.4 is 5.32 Å². The van der Waals surface area contributed by atoms with Crippen molar-refractivity contribution in [2.75, 3.05) is 18.6 Å². The van der Waals surface area contributed by atoms with Crippen LogP contribution in [0.4, 0.5) is 0 Å². The van der Waals surface area contributed by atoms with E-state index in [9.17, 15) is 0 Å². The zero-order valence-corrected chi connectivity index (χ0v) is 11.4. The Bertz CT molecular complexity index is 302. The number of hydrogen-bond donors (Lipinski definition) is 1. The fraction of sp³-hybridized carbons (Fsp3) is 0.667. The molecule has 4 heteroatoms. The molecule has 0 aliphatic carbocycles. The summed E-state index contributed by atoms with van der Waals surface area (Å²) in [4.78, 5) is 0. The molecule has 0 aromatic carbocycles. The van der Waals surface area contributed by atoms with E-state index in [2.05, 4.69) is 41.8 Å². The highest BCUT2D eigenvalue weighted by molar-refractivity contribution is 8.07. The molecular formula is C12H19NOS2. The zero-order valence-electron chi connectivity index (χ0n) is 9.81. The second kappa shape index (κ2) is 6.03. The molecule has 1 N–H and O–H groups in total. The Morgan fingerprint density at radius 1 is 1.50 bits per heavy atom. The summed E-state index contributed by atoms with van der Waals surface area (Å²) in [6, 6.07) is 4.40. The van der Waals surface area contributed by atoms with Crippen molar-refractivity contribution in [2.24, 2.45) is 0 Å². The number of rotatable bonds is 4. The fourth-order valence-electron chi connectivity index (χ4n) is 2.18. The zero-order chi connectivity index (χ0) is 11.4. The van der Waals surface area contributed by atoms with Crippen LogP contribution in [0.5, 0.6) is 0 Å². The Morgan fingerprint density at radius 2 is 2.31 bits per heavy atom. The lowest BCUT2D eigenvalue weighted by Crippen LogP contribution is -2.37. The van der Waals surface area contributed by atoms with Gasteiger partial charge in [-0.15, -0.1) is 0 Å². The quantitative estimate of drug-likeness (QED) is 0.895. The van der Waals surface area contributed by atoms with Crippen LogP contribution in [0.1, 0.15) is 25.1 Å². The summed E-state index contributed by atoms with van der Waals surface area (Å²) < 4.78 is 5.55. The van der Waals surface area contributed by atoms with E-state index in [1.165, 1.54) is 17.9 Å². The third kappa shape index (κ3) is 2.60. The molecule has 0 saturated carbocycles. The van der Waals surface area contributed by atoms with Crippen LogP contribution in [0.2, 0.25) is 0 Å². The first-order chi connectivity index (χ1) is 7.86. The van der Waals surface area contributed by atoms with Crippen LogP contribution in [-0.4, -0.2) is 29.1 Å². The van der Waals surface area contributed by atoms with Gasteiger partial charge in [0, 0.05) is 22.0 Å². The van der Waals surface area contributed by atoms with Gasteiger partial charge < -0.3 is 9.73 Å². The average molecular weight is 257 g/mol. The molecule has 2 heterocycles. The molecule has 0 bridgehead atoms. The standard InChI is InChI=1S/C12H19NOS2/c1-3-10-12(16-8-7-15-10)11(13-2)9-5-4-6-14-9/h4-6,10-13H,3,7-8H2,1-2H3. The summed E-state index contributed by atoms with van der Waals surface area (Å²) in [6.07, 6.45) is 3.00. The molecule has 3 unspecified atom stereocenters. The van der Waals surface area contributed by atoms with Gasteiger partial charge in [-0.25, -0.2) is 0 Å². The Morgan fingerprint density at radius 3 is 2.94 bits per heavy atom. The summed E-state index contributed by atoms with van der Waals surface area (Å²) in [6.45, 7) is 2.28. The molecule has 0 spiro atoms. The largest absolute Gasteiger partial charge is 0.468 e. The molecule has 3 atom stereocenters. The van der Waals surface area contributed by atoms with E-state index in [0.717, 1.165) is 11.0 Å². The van der Waals surface area contributed by atoms with Gasteiger partial charge in [0.1, 0.15) is 5.76 Å². The Hall–Kier alpha value is -0.0600. The first-order valence-corrected chi connectivity index (χ1v) is 7.90. The lowest BCUT2D eigenvalue weighted by Gasteiger charge is -2.34. The monoisotopic (exact) mass is 257 g/mol. The molecular weight excluding hydrogens is 238 g/mol. The second-order valence-electron chi connectivity index (χ2n) is 3.93. The van der Waals surface area contributed by atoms with Gasteiger partial charge in [-0.2, -0.15) is 23.5 Å². The first-order valence-electron chi connectivity index (χ1n) is 5.80. The van der Waals surface area contributed by atoms with E-state index < -0.39 is 0 Å². The summed E-state index contributed by atoms with van der Waals surface area (Å²) in [5, 5.41) is 4.77. The molecule has 2 nitrogen and oxygen atoms in total. The normalized spacial score (nSPS) is 27.9. The van der Waals surface area contributed by atoms with Gasteiger partial charge in [-0.3, -0.25) is 0 Å². The highest BCUT2D eigenvalue weighted by Crippen LogP contribution is 2.40. The van der Waals surface area contributed by atoms with Crippen LogP contribution >= 0.6 is 23.5 Å². The van der Waals surface area contributed by atoms with Crippen molar-refractivity contribution in [3.8, 4) is 0 Å². The number of thioether (sulfide) groups is 2. The maximum atomic E-state index is 5.55. The van der Waals surface area contributed by atoms with Crippen molar-refractivity contribution in [3.05, 3.63) is 24.2 Å². The van der Waals surface area contributed by atoms with E-state index in [1.807, 2.05) is 13.1 Å². The van der Waals surface area contributed by atoms with Crippen LogP contribution in [0, 0.1) is 0 Å². The predicted octanol–water partition coefficient (Wildman–Crippen LogP) is 3.17. The van der Waals surface area contributed by atoms with Crippen molar-refractivity contribution in [1.29, 1.82) is 0 Å². The van der Waals surface area contributed by atoms with E-state index in [-0.39, 0.29) is 0 Å². The van der Waals surface area contributed by atoms with E-state index in [1.54, 1.807) is 6.26 Å². The van der Waals surface area contributed by atoms with Gasteiger partial charge in [0.15, 0.2) is 0 Å². The van der Waals surface area contributed by atoms with Crippen LogP contribution in [0.15, 0.2) is 22.8 Å². The Kier molecular flexibility index (Phi) is 4.67. The van der Waals surface area contributed by atoms with Gasteiger partial charge >= 0.3 is 0 Å². The van der Waals surface area contributed by atoms with Crippen LogP contribution in [-0.2, 0) is 0 Å². The van der Waals surface area contributed by atoms with Gasteiger partial charge in [0.25, 0.3) is 0 Å². The third-order valence-electron chi connectivity index (χ3n) is 2.98. The summed E-state index contributed by atoms with van der Waals surface area (Å²) in [5.41, 5.74) is 0. The Labute approximate surface area is 106 Å². The molecule has 0 amide bonds. The smallest absolute Gasteiger partial charge is 0.121 e. The van der Waals surface area contributed by atoms with Crippen molar-refractivity contribution < 1.29 is 4.42 Å². The lowest BCUT2D eigenvalue weighted by molar-refractivity contribution is 0.416. The highest BCUT2D eigenvalue weighted by Gasteiger charge is 2.33. The van der Waals surface area contributed by atoms with Crippen molar-refractivity contribution in [3.63, 3.8) is 0 Å². The van der Waals surface area contributed by atoms with Crippen LogP contribution in [0.25, 0.3) is 0 Å². The van der Waals surface area contributed by atoms with Crippen molar-refractivity contribution >= 4 is 23.5 Å². The molecule has 1 aliphatic rings. The number of nitrogens with one attached hydrogen (secondary N) is 1. The highest BCUT2D eigenvalue weighted by atomic mass is 32.2. The van der Waals surface area contributed by atoms with E-state index >= 15 is 0 Å². The molecule has 1 aromatic rings. The third-order valence-corrected chi connectivity index (χ3v) is 6.33. The first kappa shape index (κ1) is 12.4. The molecule has 1 saturated heterocycles. The second-order valence-corrected chi connectivity index (χ2v) is 6.57. The Balaban J connectivity index is 2.13. The minimum Gasteiger partial charge on any atom is -0.468 e. The van der Waals surface area contributed by atoms with E-state index in [4.69, 9.17) is 4.42 Å². The van der Waals surface area contributed by atoms with Gasteiger partial charge in [-0.05, 0) is 25.6 Å². The molecule has 1 fully saturated rings. The minimum atomic E-state index is 0.345. The van der Waals surface area contributed by atoms with Crippen molar-refractivity contribution in [2.45, 2.75) is 29.9 Å². The predicted molar refractivity (Wildman–Crippen MR) is 73.3 cm³/mol.